The lowest BCUT2D eigenvalue weighted by Gasteiger charge is -2.43. The molecule has 0 unspecified atom stereocenters. The van der Waals surface area contributed by atoms with E-state index in [-0.39, 0.29) is 18.2 Å². The molecule has 0 saturated carbocycles. The third-order valence-corrected chi connectivity index (χ3v) is 12.5. The Balaban J connectivity index is 2.16. The summed E-state index contributed by atoms with van der Waals surface area (Å²) in [5.41, 5.74) is 2.18. The van der Waals surface area contributed by atoms with Crippen molar-refractivity contribution in [2.24, 2.45) is 5.92 Å². The quantitative estimate of drug-likeness (QED) is 0.411. The van der Waals surface area contributed by atoms with E-state index < -0.39 is 14.2 Å². The monoisotopic (exact) mass is 432 g/mol. The number of rotatable bonds is 9. The van der Waals surface area contributed by atoms with E-state index in [1.807, 2.05) is 50.3 Å². The lowest BCUT2D eigenvalue weighted by Crippen LogP contribution is -2.52. The minimum Gasteiger partial charge on any atom is -0.518 e. The molecule has 4 nitrogen and oxygen atoms in total. The van der Waals surface area contributed by atoms with Crippen LogP contribution in [0.5, 0.6) is 0 Å². The Kier molecular flexibility index (Phi) is 8.74. The third kappa shape index (κ3) is 5.55. The minimum absolute atomic E-state index is 0.147. The zero-order chi connectivity index (χ0) is 22.5. The normalized spacial score (nSPS) is 20.8. The van der Waals surface area contributed by atoms with Crippen molar-refractivity contribution in [2.45, 2.75) is 97.2 Å². The minimum atomic E-state index is -2.29. The van der Waals surface area contributed by atoms with Crippen LogP contribution < -0.4 is 0 Å². The van der Waals surface area contributed by atoms with E-state index in [0.29, 0.717) is 23.2 Å². The van der Waals surface area contributed by atoms with E-state index in [1.54, 1.807) is 0 Å². The Bertz CT molecular complexity index is 689. The molecule has 0 fully saturated rings. The number of carbonyl (C=O) groups is 1. The van der Waals surface area contributed by atoms with Crippen molar-refractivity contribution in [1.82, 2.24) is 0 Å². The summed E-state index contributed by atoms with van der Waals surface area (Å²) in [5.74, 6) is 0.308. The van der Waals surface area contributed by atoms with E-state index in [0.717, 1.165) is 17.7 Å². The zero-order valence-corrected chi connectivity index (χ0v) is 21.0. The Hall–Kier alpha value is -1.59. The Labute approximate surface area is 184 Å². The van der Waals surface area contributed by atoms with Crippen LogP contribution in [0.4, 0.5) is 0 Å². The number of hydrogen-bond donors (Lipinski definition) is 0. The van der Waals surface area contributed by atoms with Crippen LogP contribution in [0.15, 0.2) is 42.2 Å². The molecular weight excluding hydrogens is 392 g/mol. The van der Waals surface area contributed by atoms with Crippen molar-refractivity contribution < 1.29 is 18.7 Å². The first-order chi connectivity index (χ1) is 14.1. The summed E-state index contributed by atoms with van der Waals surface area (Å²) in [4.78, 5) is 13.4. The van der Waals surface area contributed by atoms with Gasteiger partial charge in [0.15, 0.2) is 0 Å². The molecule has 0 aliphatic carbocycles. The molecule has 0 N–H and O–H groups in total. The molecule has 0 saturated heterocycles. The molecule has 3 atom stereocenters. The fourth-order valence-electron chi connectivity index (χ4n) is 4.87. The van der Waals surface area contributed by atoms with Crippen LogP contribution in [0, 0.1) is 5.92 Å². The summed E-state index contributed by atoms with van der Waals surface area (Å²) in [5, 5.41) is 0. The molecule has 5 heteroatoms. The molecule has 1 aliphatic rings. The lowest BCUT2D eigenvalue weighted by atomic mass is 9.95. The van der Waals surface area contributed by atoms with Gasteiger partial charge in [0.1, 0.15) is 6.10 Å². The highest BCUT2D eigenvalue weighted by Gasteiger charge is 2.49. The zero-order valence-electron chi connectivity index (χ0n) is 20.0. The molecule has 1 aromatic carbocycles. The summed E-state index contributed by atoms with van der Waals surface area (Å²) >= 11 is 0. The Morgan fingerprint density at radius 3 is 2.13 bits per heavy atom. The SMILES string of the molecule is CC1=CC[C@H](OCc2ccccc2)[C@@H]([C@@H](C)C(=O)O[Si](C(C)C)(C(C)C)C(C)C)O1. The van der Waals surface area contributed by atoms with Gasteiger partial charge in [0.2, 0.25) is 0 Å². The highest BCUT2D eigenvalue weighted by molar-refractivity contribution is 6.78. The molecule has 1 aromatic rings. The van der Waals surface area contributed by atoms with Gasteiger partial charge in [-0.2, -0.15) is 0 Å². The molecule has 0 spiro atoms. The molecule has 0 aromatic heterocycles. The van der Waals surface area contributed by atoms with E-state index in [9.17, 15) is 4.79 Å². The molecule has 1 heterocycles. The molecule has 1 aliphatic heterocycles. The average Bonchev–Trinajstić information content (AvgIpc) is 2.70. The molecular formula is C25H40O4Si. The van der Waals surface area contributed by atoms with E-state index in [1.165, 1.54) is 0 Å². The first-order valence-electron chi connectivity index (χ1n) is 11.3. The summed E-state index contributed by atoms with van der Waals surface area (Å²) in [7, 11) is -2.29. The predicted molar refractivity (Wildman–Crippen MR) is 125 cm³/mol. The maximum Gasteiger partial charge on any atom is 0.299 e. The largest absolute Gasteiger partial charge is 0.518 e. The number of carbonyl (C=O) groups excluding carboxylic acids is 1. The van der Waals surface area contributed by atoms with Gasteiger partial charge in [-0.15, -0.1) is 0 Å². The predicted octanol–water partition coefficient (Wildman–Crippen LogP) is 6.62. The van der Waals surface area contributed by atoms with Crippen molar-refractivity contribution in [3.05, 3.63) is 47.7 Å². The van der Waals surface area contributed by atoms with Crippen molar-refractivity contribution in [1.29, 1.82) is 0 Å². The number of allylic oxidation sites excluding steroid dienone is 1. The van der Waals surface area contributed by atoms with Gasteiger partial charge in [0.25, 0.3) is 14.3 Å². The summed E-state index contributed by atoms with van der Waals surface area (Å²) in [6.07, 6.45) is 2.26. The maximum absolute atomic E-state index is 13.4. The summed E-state index contributed by atoms with van der Waals surface area (Å²) in [6.45, 7) is 17.5. The van der Waals surface area contributed by atoms with Crippen LogP contribution in [0.3, 0.4) is 0 Å². The Morgan fingerprint density at radius 1 is 1.03 bits per heavy atom. The van der Waals surface area contributed by atoms with Crippen LogP contribution in [-0.4, -0.2) is 26.5 Å². The van der Waals surface area contributed by atoms with Crippen LogP contribution in [0.1, 0.15) is 67.4 Å². The third-order valence-electron chi connectivity index (χ3n) is 6.48. The molecule has 0 amide bonds. The standard InChI is InChI=1S/C25H40O4Si/c1-17(2)30(18(3)4,19(5)6)29-25(26)21(8)24-23(15-14-20(7)28-24)27-16-22-12-10-9-11-13-22/h9-14,17-19,21,23-24H,15-16H2,1-8H3/t21-,23+,24-/m1/s1. The first-order valence-corrected chi connectivity index (χ1v) is 13.4. The fourth-order valence-corrected chi connectivity index (χ4v) is 10.1. The molecule has 30 heavy (non-hydrogen) atoms. The number of benzene rings is 1. The summed E-state index contributed by atoms with van der Waals surface area (Å²) in [6, 6.07) is 10.1. The molecule has 2 rings (SSSR count). The van der Waals surface area contributed by atoms with Crippen molar-refractivity contribution >= 4 is 14.3 Å². The second kappa shape index (κ2) is 10.6. The number of ether oxygens (including phenoxy) is 2. The second-order valence-corrected chi connectivity index (χ2v) is 14.9. The molecule has 168 valence electrons. The lowest BCUT2D eigenvalue weighted by molar-refractivity contribution is -0.151. The van der Waals surface area contributed by atoms with Gasteiger partial charge in [0, 0.05) is 0 Å². The van der Waals surface area contributed by atoms with Gasteiger partial charge < -0.3 is 13.9 Å². The van der Waals surface area contributed by atoms with Gasteiger partial charge in [-0.1, -0.05) is 71.9 Å². The van der Waals surface area contributed by atoms with Gasteiger partial charge in [0.05, 0.1) is 24.4 Å². The van der Waals surface area contributed by atoms with Crippen LogP contribution >= 0.6 is 0 Å². The van der Waals surface area contributed by atoms with Gasteiger partial charge in [-0.05, 0) is 48.5 Å². The van der Waals surface area contributed by atoms with Crippen LogP contribution in [-0.2, 0) is 25.3 Å². The highest BCUT2D eigenvalue weighted by atomic mass is 28.4. The molecule has 0 bridgehead atoms. The highest BCUT2D eigenvalue weighted by Crippen LogP contribution is 2.43. The average molecular weight is 433 g/mol. The van der Waals surface area contributed by atoms with Crippen LogP contribution in [0.2, 0.25) is 16.6 Å². The molecule has 0 radical (unpaired) electrons. The van der Waals surface area contributed by atoms with Crippen molar-refractivity contribution in [3.63, 3.8) is 0 Å². The van der Waals surface area contributed by atoms with Gasteiger partial charge in [-0.3, -0.25) is 4.79 Å². The fraction of sp³-hybridized carbons (Fsp3) is 0.640. The van der Waals surface area contributed by atoms with E-state index in [4.69, 9.17) is 13.9 Å². The van der Waals surface area contributed by atoms with Crippen molar-refractivity contribution in [2.75, 3.05) is 0 Å². The van der Waals surface area contributed by atoms with Crippen LogP contribution in [0.25, 0.3) is 0 Å². The maximum atomic E-state index is 13.4. The van der Waals surface area contributed by atoms with Crippen molar-refractivity contribution in [3.8, 4) is 0 Å². The first kappa shape index (κ1) is 24.7. The Morgan fingerprint density at radius 2 is 1.60 bits per heavy atom. The van der Waals surface area contributed by atoms with E-state index >= 15 is 0 Å². The van der Waals surface area contributed by atoms with Gasteiger partial charge >= 0.3 is 0 Å². The topological polar surface area (TPSA) is 44.8 Å². The van der Waals surface area contributed by atoms with Gasteiger partial charge in [-0.25, -0.2) is 0 Å². The smallest absolute Gasteiger partial charge is 0.299 e. The second-order valence-electron chi connectivity index (χ2n) is 9.50. The summed E-state index contributed by atoms with van der Waals surface area (Å²) < 4.78 is 18.8. The number of hydrogen-bond acceptors (Lipinski definition) is 4. The van der Waals surface area contributed by atoms with E-state index in [2.05, 4.69) is 41.5 Å².